The van der Waals surface area contributed by atoms with E-state index in [4.69, 9.17) is 26.5 Å². The van der Waals surface area contributed by atoms with Crippen molar-refractivity contribution in [2.75, 3.05) is 17.4 Å². The Morgan fingerprint density at radius 1 is 0.826 bits per heavy atom. The van der Waals surface area contributed by atoms with E-state index in [1.807, 2.05) is 126 Å². The fourth-order valence-corrected chi connectivity index (χ4v) is 6.12. The van der Waals surface area contributed by atoms with Gasteiger partial charge in [-0.25, -0.2) is 4.68 Å². The molecule has 0 saturated carbocycles. The van der Waals surface area contributed by atoms with E-state index in [1.165, 1.54) is 24.3 Å². The molecule has 0 N–H and O–H groups in total. The first kappa shape index (κ1) is 31.4. The van der Waals surface area contributed by atoms with Crippen molar-refractivity contribution in [3.8, 4) is 22.7 Å². The van der Waals surface area contributed by atoms with Crippen LogP contribution in [0.3, 0.4) is 0 Å². The Labute approximate surface area is 279 Å². The lowest BCUT2D eigenvalue weighted by molar-refractivity contribution is -0.114. The highest BCUT2D eigenvalue weighted by Gasteiger charge is 2.31. The Morgan fingerprint density at radius 3 is 2.22 bits per heavy atom. The van der Waals surface area contributed by atoms with E-state index in [2.05, 4.69) is 6.92 Å². The number of amides is 1. The molecule has 0 radical (unpaired) electrons. The van der Waals surface area contributed by atoms with Crippen LogP contribution in [0.2, 0.25) is 5.02 Å². The number of para-hydroxylation sites is 2. The van der Waals surface area contributed by atoms with Gasteiger partial charge in [0.1, 0.15) is 5.75 Å². The number of rotatable bonds is 13. The van der Waals surface area contributed by atoms with Crippen molar-refractivity contribution in [2.24, 2.45) is 5.10 Å². The smallest absolute Gasteiger partial charge is 0.280 e. The maximum atomic E-state index is 14.0. The fourth-order valence-electron chi connectivity index (χ4n) is 5.15. The summed E-state index contributed by atoms with van der Waals surface area (Å²) < 4.78 is 7.85. The Bertz CT molecular complexity index is 1820. The molecule has 0 unspecified atom stereocenters. The van der Waals surface area contributed by atoms with Gasteiger partial charge in [0.2, 0.25) is 0 Å². The molecule has 46 heavy (non-hydrogen) atoms. The zero-order valence-electron chi connectivity index (χ0n) is 25.7. The first-order valence-corrected chi connectivity index (χ1v) is 16.9. The highest BCUT2D eigenvalue weighted by Crippen LogP contribution is 2.32. The predicted octanol–water partition coefficient (Wildman–Crippen LogP) is 9.73. The summed E-state index contributed by atoms with van der Waals surface area (Å²) in [7, 11) is 0. The maximum Gasteiger partial charge on any atom is 0.280 e. The topological polar surface area (TPSA) is 59.7 Å². The van der Waals surface area contributed by atoms with Crippen molar-refractivity contribution >= 4 is 46.7 Å². The summed E-state index contributed by atoms with van der Waals surface area (Å²) in [6.45, 7) is 2.91. The average molecular weight is 647 g/mol. The Balaban J connectivity index is 1.35. The van der Waals surface area contributed by atoms with Crippen LogP contribution in [0.15, 0.2) is 131 Å². The summed E-state index contributed by atoms with van der Waals surface area (Å²) in [5.74, 6) is 1.17. The van der Waals surface area contributed by atoms with Crippen molar-refractivity contribution in [1.82, 2.24) is 9.78 Å². The number of hydrogen-bond acceptors (Lipinski definition) is 5. The van der Waals surface area contributed by atoms with E-state index in [1.54, 1.807) is 11.8 Å². The van der Waals surface area contributed by atoms with Gasteiger partial charge in [0, 0.05) is 33.0 Å². The van der Waals surface area contributed by atoms with Crippen LogP contribution < -0.4 is 9.75 Å². The number of aromatic nitrogens is 2. The van der Waals surface area contributed by atoms with E-state index < -0.39 is 0 Å². The molecule has 0 bridgehead atoms. The van der Waals surface area contributed by atoms with Gasteiger partial charge in [-0.1, -0.05) is 74.2 Å². The number of carbonyl (C=O) groups excluding carboxylic acids is 1. The third kappa shape index (κ3) is 7.61. The minimum absolute atomic E-state index is 0.178. The largest absolute Gasteiger partial charge is 0.494 e. The van der Waals surface area contributed by atoms with Crippen LogP contribution in [0, 0.1) is 0 Å². The van der Waals surface area contributed by atoms with Gasteiger partial charge >= 0.3 is 0 Å². The van der Waals surface area contributed by atoms with Crippen molar-refractivity contribution in [1.29, 1.82) is 0 Å². The van der Waals surface area contributed by atoms with Crippen LogP contribution in [0.1, 0.15) is 38.2 Å². The van der Waals surface area contributed by atoms with Crippen LogP contribution >= 0.6 is 23.4 Å². The third-order valence-corrected chi connectivity index (χ3v) is 8.88. The van der Waals surface area contributed by atoms with Crippen LogP contribution in [0.5, 0.6) is 5.75 Å². The van der Waals surface area contributed by atoms with E-state index in [-0.39, 0.29) is 5.91 Å². The monoisotopic (exact) mass is 646 g/mol. The fraction of sp³-hybridized carbons (Fsp3) is 0.184. The van der Waals surface area contributed by atoms with E-state index >= 15 is 0 Å². The number of nitrogens with zero attached hydrogens (tertiary/aromatic N) is 4. The molecule has 4 aromatic carbocycles. The lowest BCUT2D eigenvalue weighted by Crippen LogP contribution is -2.21. The Morgan fingerprint density at radius 2 is 1.52 bits per heavy atom. The minimum Gasteiger partial charge on any atom is -0.494 e. The molecular weight excluding hydrogens is 612 g/mol. The number of ether oxygens (including phenoxy) is 1. The molecule has 1 amide bonds. The van der Waals surface area contributed by atoms with Crippen molar-refractivity contribution in [3.05, 3.63) is 132 Å². The number of carbonyl (C=O) groups is 1. The molecule has 0 atom stereocenters. The lowest BCUT2D eigenvalue weighted by atomic mass is 10.0. The van der Waals surface area contributed by atoms with Crippen LogP contribution in [-0.4, -0.2) is 33.8 Å². The number of anilines is 1. The molecule has 6 nitrogen and oxygen atoms in total. The Kier molecular flexibility index (Phi) is 10.3. The maximum absolute atomic E-state index is 14.0. The zero-order valence-corrected chi connectivity index (χ0v) is 27.3. The van der Waals surface area contributed by atoms with Gasteiger partial charge in [0.15, 0.2) is 0 Å². The molecule has 232 valence electrons. The van der Waals surface area contributed by atoms with Crippen LogP contribution in [0.4, 0.5) is 5.69 Å². The second-order valence-electron chi connectivity index (χ2n) is 10.9. The highest BCUT2D eigenvalue weighted by molar-refractivity contribution is 8.00. The van der Waals surface area contributed by atoms with Gasteiger partial charge in [-0.05, 0) is 85.3 Å². The molecular formula is C38H35ClN4O2S. The van der Waals surface area contributed by atoms with Gasteiger partial charge in [0.05, 0.1) is 35.0 Å². The van der Waals surface area contributed by atoms with Gasteiger partial charge in [-0.2, -0.15) is 15.2 Å². The molecule has 0 spiro atoms. The number of hydrazone groups is 1. The van der Waals surface area contributed by atoms with Crippen LogP contribution in [0.25, 0.3) is 23.0 Å². The summed E-state index contributed by atoms with van der Waals surface area (Å²) in [5, 5.41) is 12.0. The lowest BCUT2D eigenvalue weighted by Gasteiger charge is -2.11. The quantitative estimate of drug-likeness (QED) is 0.0726. The van der Waals surface area contributed by atoms with Gasteiger partial charge in [0.25, 0.3) is 5.91 Å². The second-order valence-corrected chi connectivity index (χ2v) is 12.4. The number of unbranched alkanes of at least 4 members (excludes halogenated alkanes) is 3. The minimum atomic E-state index is -0.178. The second kappa shape index (κ2) is 15.1. The van der Waals surface area contributed by atoms with Crippen LogP contribution in [-0.2, 0) is 4.79 Å². The number of hydrogen-bond donors (Lipinski definition) is 0. The van der Waals surface area contributed by atoms with Crippen molar-refractivity contribution < 1.29 is 9.53 Å². The predicted molar refractivity (Wildman–Crippen MR) is 190 cm³/mol. The third-order valence-electron chi connectivity index (χ3n) is 7.60. The van der Waals surface area contributed by atoms with E-state index in [9.17, 15) is 4.79 Å². The zero-order chi connectivity index (χ0) is 31.7. The normalized spacial score (nSPS) is 13.8. The van der Waals surface area contributed by atoms with Crippen molar-refractivity contribution in [2.45, 2.75) is 37.5 Å². The van der Waals surface area contributed by atoms with E-state index in [0.717, 1.165) is 45.3 Å². The highest BCUT2D eigenvalue weighted by atomic mass is 35.5. The van der Waals surface area contributed by atoms with E-state index in [0.29, 0.717) is 28.7 Å². The SMILES string of the molecule is CCCCCCOc1ccc(-c2nn(-c3ccccc3)cc2/C=C2\C(=O)N(c3ccccc3)N=C2CSc2ccc(Cl)cc2)cc1. The molecule has 2 heterocycles. The number of benzene rings is 4. The van der Waals surface area contributed by atoms with Crippen molar-refractivity contribution in [3.63, 3.8) is 0 Å². The molecule has 1 aliphatic heterocycles. The summed E-state index contributed by atoms with van der Waals surface area (Å²) in [6, 6.07) is 35.2. The molecule has 0 saturated heterocycles. The number of halogens is 1. The summed E-state index contributed by atoms with van der Waals surface area (Å²) in [4.78, 5) is 15.0. The van der Waals surface area contributed by atoms with Gasteiger partial charge < -0.3 is 4.74 Å². The summed E-state index contributed by atoms with van der Waals surface area (Å²) in [6.07, 6.45) is 8.54. The summed E-state index contributed by atoms with van der Waals surface area (Å²) in [5.41, 5.74) is 5.39. The molecule has 0 fully saturated rings. The molecule has 0 aliphatic carbocycles. The first-order valence-electron chi connectivity index (χ1n) is 15.5. The van der Waals surface area contributed by atoms with Gasteiger partial charge in [-0.15, -0.1) is 11.8 Å². The number of thioether (sulfide) groups is 1. The first-order chi connectivity index (χ1) is 22.6. The standard InChI is InChI=1S/C38H35ClN4O2S/c1-2-3-4-11-24-45-33-20-16-28(17-21-33)37-29(26-42(41-37)31-12-7-5-8-13-31)25-35-36(27-46-34-22-18-30(39)19-23-34)40-43(38(35)44)32-14-9-6-10-15-32/h5-10,12-23,25-26H,2-4,11,24,27H2,1H3/b35-25-. The van der Waals surface area contributed by atoms with Gasteiger partial charge in [-0.3, -0.25) is 4.79 Å². The average Bonchev–Trinajstić information content (AvgIpc) is 3.66. The molecule has 8 heteroatoms. The Hall–Kier alpha value is -4.59. The summed E-state index contributed by atoms with van der Waals surface area (Å²) >= 11 is 7.72. The molecule has 1 aliphatic rings. The molecule has 1 aromatic heterocycles. The molecule has 6 rings (SSSR count). The molecule has 5 aromatic rings.